The lowest BCUT2D eigenvalue weighted by molar-refractivity contribution is -0.458. The Bertz CT molecular complexity index is 1030. The van der Waals surface area contributed by atoms with Crippen molar-refractivity contribution in [2.24, 2.45) is 0 Å². The summed E-state index contributed by atoms with van der Waals surface area (Å²) >= 11 is 0. The molecule has 234 valence electrons. The van der Waals surface area contributed by atoms with Crippen LogP contribution < -0.4 is 0 Å². The molecule has 0 aromatic carbocycles. The Labute approximate surface area is 200 Å². The van der Waals surface area contributed by atoms with Crippen molar-refractivity contribution in [3.05, 3.63) is 12.8 Å². The number of rotatable bonds is 12. The number of nitrogens with zero attached hydrogens (tertiary/aromatic N) is 1. The van der Waals surface area contributed by atoms with E-state index in [2.05, 4.69) is 11.3 Å². The molecule has 0 spiro atoms. The van der Waals surface area contributed by atoms with E-state index >= 15 is 0 Å². The lowest BCUT2D eigenvalue weighted by Crippen LogP contribution is -2.75. The normalized spacial score (nSPS) is 16.5. The molecule has 0 aliphatic heterocycles. The maximum Gasteiger partial charge on any atom is 0.480 e. The molecular weight excluding hydrogens is 649 g/mol. The summed E-state index contributed by atoms with van der Waals surface area (Å²) in [5.74, 6) is -53.9. The first kappa shape index (κ1) is 37.0. The van der Waals surface area contributed by atoms with Crippen LogP contribution in [0.25, 0.3) is 0 Å². The van der Waals surface area contributed by atoms with Crippen LogP contribution in [0.3, 0.4) is 0 Å². The average Bonchev–Trinajstić information content (AvgIpc) is 2.70. The number of alkyl halides is 21. The lowest BCUT2D eigenvalue weighted by Gasteiger charge is -2.43. The van der Waals surface area contributed by atoms with Crippen LogP contribution in [0.2, 0.25) is 0 Å². The Morgan fingerprint density at radius 1 is 0.564 bits per heavy atom. The zero-order chi connectivity index (χ0) is 32.5. The first-order valence-electron chi connectivity index (χ1n) is 8.21. The minimum absolute atomic E-state index is 0.686. The van der Waals surface area contributed by atoms with Gasteiger partial charge in [-0.3, -0.25) is 0 Å². The van der Waals surface area contributed by atoms with Gasteiger partial charge in [0.05, 0.1) is 6.26 Å². The molecule has 4 nitrogen and oxygen atoms in total. The highest BCUT2D eigenvalue weighted by Gasteiger charge is 2.96. The van der Waals surface area contributed by atoms with Gasteiger partial charge < -0.3 is 4.74 Å². The van der Waals surface area contributed by atoms with Crippen molar-refractivity contribution in [2.75, 3.05) is 7.05 Å². The maximum atomic E-state index is 13.9. The third-order valence-corrected chi connectivity index (χ3v) is 6.21. The van der Waals surface area contributed by atoms with E-state index in [0.717, 1.165) is 0 Å². The smallest absolute Gasteiger partial charge is 0.435 e. The molecule has 0 aliphatic carbocycles. The Hall–Kier alpha value is -2.02. The Kier molecular flexibility index (Phi) is 8.77. The van der Waals surface area contributed by atoms with Crippen LogP contribution in [0, 0.1) is 0 Å². The highest BCUT2D eigenvalue weighted by molar-refractivity contribution is 7.90. The van der Waals surface area contributed by atoms with Gasteiger partial charge in [-0.05, 0) is 0 Å². The molecule has 0 bridgehead atoms. The first-order valence-corrected chi connectivity index (χ1v) is 9.65. The molecule has 0 aliphatic rings. The number of likely N-dealkylation sites (N-methyl/N-ethyl adjacent to an activating group) is 1. The molecule has 0 saturated carbocycles. The molecule has 0 unspecified atom stereocenters. The molecule has 0 atom stereocenters. The second kappa shape index (κ2) is 9.25. The summed E-state index contributed by atoms with van der Waals surface area (Å²) in [5, 5.41) is -8.47. The second-order valence-electron chi connectivity index (χ2n) is 6.78. The van der Waals surface area contributed by atoms with Crippen LogP contribution in [-0.2, 0) is 14.8 Å². The predicted molar refractivity (Wildman–Crippen MR) is 78.5 cm³/mol. The number of ether oxygens (including phenoxy) is 1. The number of halogens is 21. The van der Waals surface area contributed by atoms with Crippen molar-refractivity contribution in [2.45, 2.75) is 59.1 Å². The topological polar surface area (TPSA) is 46.6 Å². The van der Waals surface area contributed by atoms with Crippen molar-refractivity contribution in [3.63, 3.8) is 0 Å². The molecule has 0 rings (SSSR count). The number of sulfonamides is 1. The minimum Gasteiger partial charge on any atom is -0.435 e. The fourth-order valence-corrected chi connectivity index (χ4v) is 3.20. The van der Waals surface area contributed by atoms with Gasteiger partial charge in [-0.25, -0.2) is 8.42 Å². The predicted octanol–water partition coefficient (Wildman–Crippen LogP) is 6.56. The SMILES string of the molecule is C=COC(F)(F)C(F)(F)N(C)S(=O)(=O)C(F)(F)C(F)(F)C(F)(F)C(F)(F)C(F)(F)C(F)(F)C(F)(F)C(F)(F)F. The van der Waals surface area contributed by atoms with Gasteiger partial charge in [-0.15, -0.1) is 4.31 Å². The van der Waals surface area contributed by atoms with Gasteiger partial charge in [0.2, 0.25) is 0 Å². The fourth-order valence-electron chi connectivity index (χ4n) is 1.99. The standard InChI is InChI=1S/C13H6F21NO3S/c1-3-38-12(31,32)11(29,30)35(2)39(36,37)13(33,34)9(24,25)7(20,21)5(16,17)4(14,15)6(18,19)8(22,23)10(26,27)28/h3H,1H2,2H3. The van der Waals surface area contributed by atoms with E-state index in [1.807, 2.05) is 0 Å². The minimum atomic E-state index is -9.22. The van der Waals surface area contributed by atoms with Crippen molar-refractivity contribution < 1.29 is 105 Å². The molecule has 26 heteroatoms. The molecule has 0 N–H and O–H groups in total. The summed E-state index contributed by atoms with van der Waals surface area (Å²) in [4.78, 5) is 0. The molecule has 0 radical (unpaired) electrons. The van der Waals surface area contributed by atoms with Gasteiger partial charge in [-0.2, -0.15) is 92.2 Å². The highest BCUT2D eigenvalue weighted by Crippen LogP contribution is 2.64. The number of hydrogen-bond acceptors (Lipinski definition) is 3. The molecule has 0 aromatic heterocycles. The summed E-state index contributed by atoms with van der Waals surface area (Å²) in [7, 11) is -9.97. The molecule has 0 heterocycles. The average molecular weight is 655 g/mol. The quantitative estimate of drug-likeness (QED) is 0.136. The third kappa shape index (κ3) is 4.61. The molecular formula is C13H6F21NO3S. The van der Waals surface area contributed by atoms with Crippen LogP contribution in [-0.4, -0.2) is 78.9 Å². The van der Waals surface area contributed by atoms with Crippen LogP contribution in [0.4, 0.5) is 92.2 Å². The van der Waals surface area contributed by atoms with Crippen LogP contribution >= 0.6 is 0 Å². The molecule has 0 fully saturated rings. The van der Waals surface area contributed by atoms with Crippen LogP contribution in [0.15, 0.2) is 12.8 Å². The van der Waals surface area contributed by atoms with Crippen molar-refractivity contribution in [3.8, 4) is 0 Å². The summed E-state index contributed by atoms with van der Waals surface area (Å²) in [5.41, 5.74) is 0. The van der Waals surface area contributed by atoms with Crippen LogP contribution in [0.1, 0.15) is 0 Å². The Morgan fingerprint density at radius 2 is 0.846 bits per heavy atom. The summed E-state index contributed by atoms with van der Waals surface area (Å²) < 4.78 is 300. The third-order valence-electron chi connectivity index (χ3n) is 4.35. The van der Waals surface area contributed by atoms with Crippen molar-refractivity contribution in [1.82, 2.24) is 4.31 Å². The zero-order valence-electron chi connectivity index (χ0n) is 17.3. The fraction of sp³-hybridized carbons (Fsp3) is 0.846. The van der Waals surface area contributed by atoms with Gasteiger partial charge in [0, 0.05) is 7.05 Å². The zero-order valence-corrected chi connectivity index (χ0v) is 18.1. The highest BCUT2D eigenvalue weighted by atomic mass is 32.2. The van der Waals surface area contributed by atoms with Gasteiger partial charge in [0.1, 0.15) is 0 Å². The van der Waals surface area contributed by atoms with Crippen LogP contribution in [0.5, 0.6) is 0 Å². The first-order chi connectivity index (χ1) is 16.5. The second-order valence-corrected chi connectivity index (χ2v) is 8.79. The Morgan fingerprint density at radius 3 is 1.13 bits per heavy atom. The van der Waals surface area contributed by atoms with E-state index in [0.29, 0.717) is 0 Å². The molecule has 0 aromatic rings. The summed E-state index contributed by atoms with van der Waals surface area (Å²) in [6.45, 7) is 2.19. The van der Waals surface area contributed by atoms with Crippen molar-refractivity contribution >= 4 is 10.0 Å². The van der Waals surface area contributed by atoms with Crippen molar-refractivity contribution in [1.29, 1.82) is 0 Å². The van der Waals surface area contributed by atoms with E-state index in [1.165, 1.54) is 0 Å². The van der Waals surface area contributed by atoms with E-state index in [1.54, 1.807) is 0 Å². The van der Waals surface area contributed by atoms with E-state index < -0.39 is 86.8 Å². The van der Waals surface area contributed by atoms with E-state index in [4.69, 9.17) is 0 Å². The van der Waals surface area contributed by atoms with Gasteiger partial charge >= 0.3 is 59.1 Å². The van der Waals surface area contributed by atoms with E-state index in [9.17, 15) is 101 Å². The summed E-state index contributed by atoms with van der Waals surface area (Å²) in [6.07, 6.45) is -15.2. The summed E-state index contributed by atoms with van der Waals surface area (Å²) in [6, 6.07) is -6.90. The Balaban J connectivity index is 7.19. The molecule has 39 heavy (non-hydrogen) atoms. The maximum absolute atomic E-state index is 13.9. The molecule has 0 saturated heterocycles. The lowest BCUT2D eigenvalue weighted by atomic mass is 9.91. The van der Waals surface area contributed by atoms with Gasteiger partial charge in [-0.1, -0.05) is 6.58 Å². The monoisotopic (exact) mass is 655 g/mol. The van der Waals surface area contributed by atoms with E-state index in [-0.39, 0.29) is 0 Å². The largest absolute Gasteiger partial charge is 0.480 e. The van der Waals surface area contributed by atoms with Gasteiger partial charge in [0.15, 0.2) is 0 Å². The number of hydrogen-bond donors (Lipinski definition) is 0. The van der Waals surface area contributed by atoms with Gasteiger partial charge in [0.25, 0.3) is 10.0 Å². The molecule has 0 amide bonds.